The first kappa shape index (κ1) is 27.2. The molecule has 1 amide bonds. The van der Waals surface area contributed by atoms with Crippen LogP contribution >= 0.6 is 0 Å². The summed E-state index contributed by atoms with van der Waals surface area (Å²) in [4.78, 5) is 25.7. The number of aromatic carboxylic acids is 1. The quantitative estimate of drug-likeness (QED) is 0.166. The van der Waals surface area contributed by atoms with E-state index in [9.17, 15) is 9.59 Å². The van der Waals surface area contributed by atoms with Crippen LogP contribution in [0.2, 0.25) is 0 Å². The van der Waals surface area contributed by atoms with Crippen LogP contribution in [0.3, 0.4) is 0 Å². The zero-order valence-corrected chi connectivity index (χ0v) is 20.7. The Labute approximate surface area is 220 Å². The van der Waals surface area contributed by atoms with Crippen molar-refractivity contribution < 1.29 is 14.7 Å². The summed E-state index contributed by atoms with van der Waals surface area (Å²) in [6, 6.07) is 24.3. The van der Waals surface area contributed by atoms with E-state index >= 15 is 0 Å². The predicted octanol–water partition coefficient (Wildman–Crippen LogP) is 5.20. The Morgan fingerprint density at radius 1 is 0.921 bits per heavy atom. The third kappa shape index (κ3) is 7.57. The molecule has 0 unspecified atom stereocenters. The standard InChI is InChI=1S/C28H25N7O3/c1-20-19-24(35(17-5-15-29)18-6-16-30)13-14-25(20)26(33-34-27(36)21-7-3-2-4-8-21)32-31-23-11-9-22(10-12-23)28(37)38/h2-4,7-14,19H,5-6,17-18H2,1H3,(H,34,36)(H,37,38)/b32-31?,33-26+. The van der Waals surface area contributed by atoms with Gasteiger partial charge in [-0.25, -0.2) is 10.2 Å². The maximum absolute atomic E-state index is 12.6. The van der Waals surface area contributed by atoms with Crippen LogP contribution < -0.4 is 10.3 Å². The lowest BCUT2D eigenvalue weighted by Crippen LogP contribution is -2.25. The number of amidine groups is 1. The van der Waals surface area contributed by atoms with Crippen molar-refractivity contribution in [2.45, 2.75) is 19.8 Å². The molecule has 0 saturated carbocycles. The molecule has 0 bridgehead atoms. The number of hydrogen-bond donors (Lipinski definition) is 2. The fourth-order valence-corrected chi connectivity index (χ4v) is 3.51. The van der Waals surface area contributed by atoms with Crippen LogP contribution in [0, 0.1) is 29.6 Å². The van der Waals surface area contributed by atoms with Gasteiger partial charge in [0, 0.05) is 29.9 Å². The highest BCUT2D eigenvalue weighted by atomic mass is 16.4. The van der Waals surface area contributed by atoms with Crippen LogP contribution in [-0.4, -0.2) is 35.9 Å². The van der Waals surface area contributed by atoms with E-state index in [1.807, 2.05) is 24.0 Å². The molecular formula is C28H25N7O3. The minimum absolute atomic E-state index is 0.122. The number of anilines is 1. The van der Waals surface area contributed by atoms with Gasteiger partial charge in [-0.15, -0.1) is 15.3 Å². The van der Waals surface area contributed by atoms with Gasteiger partial charge in [-0.2, -0.15) is 10.5 Å². The third-order valence-corrected chi connectivity index (χ3v) is 5.48. The molecule has 0 spiro atoms. The second-order valence-corrected chi connectivity index (χ2v) is 8.10. The smallest absolute Gasteiger partial charge is 0.335 e. The normalized spacial score (nSPS) is 11.0. The zero-order valence-electron chi connectivity index (χ0n) is 20.7. The molecule has 3 aromatic carbocycles. The number of nitriles is 2. The molecule has 2 N–H and O–H groups in total. The molecule has 3 aromatic rings. The summed E-state index contributed by atoms with van der Waals surface area (Å²) in [5.74, 6) is -1.33. The van der Waals surface area contributed by atoms with Crippen LogP contribution in [-0.2, 0) is 0 Å². The summed E-state index contributed by atoms with van der Waals surface area (Å²) in [5, 5.41) is 39.8. The summed E-state index contributed by atoms with van der Waals surface area (Å²) in [6.07, 6.45) is 0.638. The number of azo groups is 1. The van der Waals surface area contributed by atoms with Crippen molar-refractivity contribution in [2.75, 3.05) is 18.0 Å². The molecule has 10 heteroatoms. The minimum atomic E-state index is -1.05. The van der Waals surface area contributed by atoms with Gasteiger partial charge in [0.25, 0.3) is 5.91 Å². The molecule has 10 nitrogen and oxygen atoms in total. The van der Waals surface area contributed by atoms with Crippen molar-refractivity contribution in [2.24, 2.45) is 15.3 Å². The van der Waals surface area contributed by atoms with E-state index in [-0.39, 0.29) is 11.4 Å². The first-order chi connectivity index (χ1) is 18.4. The maximum atomic E-state index is 12.6. The number of carbonyl (C=O) groups is 2. The molecule has 0 aliphatic heterocycles. The Bertz CT molecular complexity index is 1400. The maximum Gasteiger partial charge on any atom is 0.335 e. The molecule has 0 fully saturated rings. The lowest BCUT2D eigenvalue weighted by Gasteiger charge is -2.23. The molecule has 3 rings (SSSR count). The van der Waals surface area contributed by atoms with Crippen LogP contribution in [0.5, 0.6) is 0 Å². The Morgan fingerprint density at radius 2 is 1.58 bits per heavy atom. The highest BCUT2D eigenvalue weighted by Gasteiger charge is 2.13. The van der Waals surface area contributed by atoms with E-state index in [1.54, 1.807) is 36.4 Å². The molecule has 0 saturated heterocycles. The van der Waals surface area contributed by atoms with Crippen LogP contribution in [0.4, 0.5) is 11.4 Å². The van der Waals surface area contributed by atoms with Gasteiger partial charge in [-0.1, -0.05) is 18.2 Å². The highest BCUT2D eigenvalue weighted by Crippen LogP contribution is 2.22. The summed E-state index contributed by atoms with van der Waals surface area (Å²) in [7, 11) is 0. The van der Waals surface area contributed by atoms with E-state index in [2.05, 4.69) is 32.9 Å². The monoisotopic (exact) mass is 507 g/mol. The fourth-order valence-electron chi connectivity index (χ4n) is 3.51. The molecule has 0 aliphatic carbocycles. The van der Waals surface area contributed by atoms with Crippen LogP contribution in [0.15, 0.2) is 88.1 Å². The zero-order chi connectivity index (χ0) is 27.3. The Morgan fingerprint density at radius 3 is 2.16 bits per heavy atom. The fraction of sp³-hybridized carbons (Fsp3) is 0.179. The van der Waals surface area contributed by atoms with Gasteiger partial charge >= 0.3 is 5.97 Å². The van der Waals surface area contributed by atoms with Crippen molar-refractivity contribution in [1.82, 2.24) is 5.43 Å². The van der Waals surface area contributed by atoms with Crippen molar-refractivity contribution in [3.05, 3.63) is 95.1 Å². The number of hydrogen-bond acceptors (Lipinski definition) is 7. The Hall–Kier alpha value is -5.35. The summed E-state index contributed by atoms with van der Waals surface area (Å²) in [5.41, 5.74) is 5.70. The number of benzene rings is 3. The van der Waals surface area contributed by atoms with E-state index in [1.165, 1.54) is 24.3 Å². The number of carboxylic acids is 1. The number of carbonyl (C=O) groups excluding carboxylic acids is 1. The molecule has 0 radical (unpaired) electrons. The van der Waals surface area contributed by atoms with Gasteiger partial charge in [0.2, 0.25) is 5.84 Å². The van der Waals surface area contributed by atoms with Crippen LogP contribution in [0.1, 0.15) is 44.7 Å². The first-order valence-electron chi connectivity index (χ1n) is 11.7. The van der Waals surface area contributed by atoms with Crippen LogP contribution in [0.25, 0.3) is 0 Å². The van der Waals surface area contributed by atoms with Gasteiger partial charge in [0.15, 0.2) is 0 Å². The molecule has 38 heavy (non-hydrogen) atoms. The molecule has 0 atom stereocenters. The number of nitrogens with one attached hydrogen (secondary N) is 1. The van der Waals surface area contributed by atoms with E-state index in [4.69, 9.17) is 15.6 Å². The lowest BCUT2D eigenvalue weighted by molar-refractivity contribution is 0.0696. The van der Waals surface area contributed by atoms with Gasteiger partial charge < -0.3 is 10.0 Å². The van der Waals surface area contributed by atoms with Crippen molar-refractivity contribution in [1.29, 1.82) is 10.5 Å². The second kappa shape index (κ2) is 13.7. The molecular weight excluding hydrogens is 482 g/mol. The Kier molecular flexibility index (Phi) is 9.79. The predicted molar refractivity (Wildman–Crippen MR) is 142 cm³/mol. The third-order valence-electron chi connectivity index (χ3n) is 5.48. The summed E-state index contributed by atoms with van der Waals surface area (Å²) in [6.45, 7) is 2.82. The molecule has 0 aliphatic rings. The molecule has 0 aromatic heterocycles. The topological polar surface area (TPSA) is 154 Å². The van der Waals surface area contributed by atoms with Gasteiger partial charge in [0.05, 0.1) is 36.2 Å². The highest BCUT2D eigenvalue weighted by molar-refractivity contribution is 6.02. The van der Waals surface area contributed by atoms with E-state index in [0.29, 0.717) is 42.7 Å². The number of amides is 1. The largest absolute Gasteiger partial charge is 0.478 e. The minimum Gasteiger partial charge on any atom is -0.478 e. The number of hydrazone groups is 1. The average Bonchev–Trinajstić information content (AvgIpc) is 2.94. The average molecular weight is 508 g/mol. The van der Waals surface area contributed by atoms with Crippen molar-refractivity contribution in [3.63, 3.8) is 0 Å². The van der Waals surface area contributed by atoms with Gasteiger partial charge in [-0.3, -0.25) is 4.79 Å². The van der Waals surface area contributed by atoms with E-state index in [0.717, 1.165) is 11.3 Å². The molecule has 190 valence electrons. The van der Waals surface area contributed by atoms with E-state index < -0.39 is 11.9 Å². The Balaban J connectivity index is 1.94. The second-order valence-electron chi connectivity index (χ2n) is 8.10. The SMILES string of the molecule is Cc1cc(N(CCC#N)CCC#N)ccc1/C(N=Nc1ccc(C(=O)O)cc1)=N\NC(=O)c1ccccc1. The summed E-state index contributed by atoms with van der Waals surface area (Å²) < 4.78 is 0. The van der Waals surface area contributed by atoms with Crippen molar-refractivity contribution >= 4 is 29.1 Å². The number of nitrogens with zero attached hydrogens (tertiary/aromatic N) is 6. The summed E-state index contributed by atoms with van der Waals surface area (Å²) >= 11 is 0. The number of aryl methyl sites for hydroxylation is 1. The van der Waals surface area contributed by atoms with Crippen molar-refractivity contribution in [3.8, 4) is 12.1 Å². The van der Waals surface area contributed by atoms with Gasteiger partial charge in [-0.05, 0) is 67.1 Å². The lowest BCUT2D eigenvalue weighted by atomic mass is 10.1. The molecule has 0 heterocycles. The number of rotatable bonds is 10. The number of carboxylic acid groups (broad SMARTS) is 1. The van der Waals surface area contributed by atoms with Gasteiger partial charge in [0.1, 0.15) is 0 Å². The first-order valence-corrected chi connectivity index (χ1v) is 11.7.